The number of hydrogen-bond donors (Lipinski definition) is 0. The molecule has 2 aliphatic rings. The predicted molar refractivity (Wildman–Crippen MR) is 89.0 cm³/mol. The lowest BCUT2D eigenvalue weighted by molar-refractivity contribution is -0.122. The third-order valence-corrected chi connectivity index (χ3v) is 4.86. The first-order valence-electron chi connectivity index (χ1n) is 7.76. The lowest BCUT2D eigenvalue weighted by atomic mass is 10.2. The summed E-state index contributed by atoms with van der Waals surface area (Å²) in [6, 6.07) is 4.39. The van der Waals surface area contributed by atoms with Crippen molar-refractivity contribution in [1.29, 1.82) is 0 Å². The van der Waals surface area contributed by atoms with Crippen molar-refractivity contribution in [2.24, 2.45) is 0 Å². The average Bonchev–Trinajstić information content (AvgIpc) is 2.93. The molecule has 0 bridgehead atoms. The molecule has 1 aromatic rings. The highest BCUT2D eigenvalue weighted by Gasteiger charge is 2.37. The second kappa shape index (κ2) is 6.88. The first-order valence-corrected chi connectivity index (χ1v) is 8.14. The number of anilines is 1. The van der Waals surface area contributed by atoms with Crippen molar-refractivity contribution in [3.63, 3.8) is 0 Å². The first kappa shape index (κ1) is 16.3. The maximum Gasteiger partial charge on any atom is 0.244 e. The molecule has 122 valence electrons. The van der Waals surface area contributed by atoms with Crippen molar-refractivity contribution in [2.45, 2.75) is 12.5 Å². The van der Waals surface area contributed by atoms with E-state index >= 15 is 0 Å². The molecule has 0 saturated carbocycles. The van der Waals surface area contributed by atoms with Crippen molar-refractivity contribution in [3.05, 3.63) is 29.0 Å². The smallest absolute Gasteiger partial charge is 0.244 e. The second-order valence-electron chi connectivity index (χ2n) is 5.91. The molecule has 0 radical (unpaired) electrons. The monoisotopic (exact) mass is 335 g/mol. The van der Waals surface area contributed by atoms with Crippen LogP contribution in [0.4, 0.5) is 10.1 Å². The van der Waals surface area contributed by atoms with E-state index in [0.717, 1.165) is 32.6 Å². The quantitative estimate of drug-likeness (QED) is 0.789. The minimum absolute atomic E-state index is 0.0390. The number of terminal acetylenes is 1. The predicted octanol–water partition coefficient (Wildman–Crippen LogP) is 1.84. The third kappa shape index (κ3) is 3.35. The number of amides is 1. The topological polar surface area (TPSA) is 26.8 Å². The molecule has 2 fully saturated rings. The lowest BCUT2D eigenvalue weighted by Crippen LogP contribution is -2.52. The van der Waals surface area contributed by atoms with E-state index in [4.69, 9.17) is 18.0 Å². The molecule has 0 aromatic heterocycles. The zero-order valence-electron chi connectivity index (χ0n) is 12.8. The molecule has 0 spiro atoms. The molecule has 2 aliphatic heterocycles. The molecule has 1 amide bonds. The van der Waals surface area contributed by atoms with E-state index in [0.29, 0.717) is 18.8 Å². The average molecular weight is 336 g/mol. The van der Waals surface area contributed by atoms with E-state index in [1.54, 1.807) is 11.0 Å². The zero-order chi connectivity index (χ0) is 16.4. The van der Waals surface area contributed by atoms with Crippen LogP contribution in [0, 0.1) is 18.2 Å². The molecule has 0 unspecified atom stereocenters. The Labute approximate surface area is 140 Å². The number of benzene rings is 1. The fourth-order valence-electron chi connectivity index (χ4n) is 3.28. The van der Waals surface area contributed by atoms with Crippen LogP contribution in [0.15, 0.2) is 18.2 Å². The number of piperazine rings is 1. The van der Waals surface area contributed by atoms with Crippen molar-refractivity contribution >= 4 is 23.2 Å². The van der Waals surface area contributed by atoms with Gasteiger partial charge in [0.2, 0.25) is 5.91 Å². The van der Waals surface area contributed by atoms with Crippen molar-refractivity contribution in [2.75, 3.05) is 44.2 Å². The summed E-state index contributed by atoms with van der Waals surface area (Å²) in [6.45, 7) is 4.69. The van der Waals surface area contributed by atoms with Crippen molar-refractivity contribution < 1.29 is 9.18 Å². The number of carbonyl (C=O) groups excluding carboxylic acids is 1. The van der Waals surface area contributed by atoms with Gasteiger partial charge in [-0.2, -0.15) is 0 Å². The Morgan fingerprint density at radius 2 is 2.00 bits per heavy atom. The molecule has 1 aromatic carbocycles. The minimum Gasteiger partial charge on any atom is -0.311 e. The zero-order valence-corrected chi connectivity index (χ0v) is 13.6. The maximum atomic E-state index is 13.6. The van der Waals surface area contributed by atoms with E-state index < -0.39 is 5.82 Å². The summed E-state index contributed by atoms with van der Waals surface area (Å²) in [6.07, 6.45) is 6.10. The fraction of sp³-hybridized carbons (Fsp3) is 0.471. The van der Waals surface area contributed by atoms with Gasteiger partial charge in [-0.05, 0) is 24.6 Å². The molecule has 23 heavy (non-hydrogen) atoms. The Morgan fingerprint density at radius 3 is 2.65 bits per heavy atom. The van der Waals surface area contributed by atoms with Gasteiger partial charge < -0.3 is 4.90 Å². The standard InChI is InChI=1S/C17H19ClFN3O/c1-2-6-20-8-10-21(11-9-20)16-5-7-22(17(16)23)13-3-4-14(18)15(19)12-13/h1,3-4,12,16H,5-11H2/t16-/m0/s1. The number of rotatable bonds is 3. The fourth-order valence-corrected chi connectivity index (χ4v) is 3.39. The van der Waals surface area contributed by atoms with Crippen LogP contribution >= 0.6 is 11.6 Å². The van der Waals surface area contributed by atoms with Crippen LogP contribution in [0.3, 0.4) is 0 Å². The summed E-state index contributed by atoms with van der Waals surface area (Å²) in [5.41, 5.74) is 0.574. The number of nitrogens with zero attached hydrogens (tertiary/aromatic N) is 3. The Hall–Kier alpha value is -1.61. The molecule has 6 heteroatoms. The largest absolute Gasteiger partial charge is 0.311 e. The van der Waals surface area contributed by atoms with Gasteiger partial charge >= 0.3 is 0 Å². The van der Waals surface area contributed by atoms with Gasteiger partial charge in [0.05, 0.1) is 17.6 Å². The summed E-state index contributed by atoms with van der Waals surface area (Å²) in [5, 5.41) is 0.0709. The van der Waals surface area contributed by atoms with Crippen LogP contribution < -0.4 is 4.90 Å². The van der Waals surface area contributed by atoms with Gasteiger partial charge in [-0.15, -0.1) is 6.42 Å². The summed E-state index contributed by atoms with van der Waals surface area (Å²) < 4.78 is 13.6. The molecule has 1 atom stereocenters. The maximum absolute atomic E-state index is 13.6. The molecular weight excluding hydrogens is 317 g/mol. The summed E-state index contributed by atoms with van der Waals surface area (Å²) in [5.74, 6) is 2.20. The van der Waals surface area contributed by atoms with Crippen molar-refractivity contribution in [1.82, 2.24) is 9.80 Å². The van der Waals surface area contributed by atoms with Gasteiger partial charge in [-0.3, -0.25) is 14.6 Å². The van der Waals surface area contributed by atoms with Crippen LogP contribution in [0.5, 0.6) is 0 Å². The van der Waals surface area contributed by atoms with E-state index in [1.807, 2.05) is 0 Å². The normalized spacial score (nSPS) is 23.3. The molecular formula is C17H19ClFN3O. The van der Waals surface area contributed by atoms with Gasteiger partial charge in [0.15, 0.2) is 0 Å². The highest BCUT2D eigenvalue weighted by molar-refractivity contribution is 6.30. The highest BCUT2D eigenvalue weighted by atomic mass is 35.5. The van der Waals surface area contributed by atoms with E-state index in [9.17, 15) is 9.18 Å². The Bertz CT molecular complexity index is 637. The van der Waals surface area contributed by atoms with Crippen molar-refractivity contribution in [3.8, 4) is 12.3 Å². The van der Waals surface area contributed by atoms with Crippen LogP contribution in [0.25, 0.3) is 0 Å². The third-order valence-electron chi connectivity index (χ3n) is 4.55. The Kier molecular flexibility index (Phi) is 4.86. The number of halogens is 2. The van der Waals surface area contributed by atoms with Crippen LogP contribution in [-0.2, 0) is 4.79 Å². The SMILES string of the molecule is C#CCN1CCN([C@H]2CCN(c3ccc(Cl)c(F)c3)C2=O)CC1. The van der Waals surface area contributed by atoms with E-state index in [2.05, 4.69) is 15.7 Å². The Morgan fingerprint density at radius 1 is 1.26 bits per heavy atom. The molecule has 0 aliphatic carbocycles. The summed E-state index contributed by atoms with van der Waals surface area (Å²) >= 11 is 5.71. The van der Waals surface area contributed by atoms with Gasteiger partial charge in [0.1, 0.15) is 5.82 Å². The van der Waals surface area contributed by atoms with Gasteiger partial charge in [0, 0.05) is 38.4 Å². The second-order valence-corrected chi connectivity index (χ2v) is 6.32. The van der Waals surface area contributed by atoms with Crippen LogP contribution in [-0.4, -0.2) is 61.0 Å². The molecule has 0 N–H and O–H groups in total. The molecule has 3 rings (SSSR count). The molecule has 2 saturated heterocycles. The van der Waals surface area contributed by atoms with E-state index in [1.165, 1.54) is 12.1 Å². The summed E-state index contributed by atoms with van der Waals surface area (Å²) in [7, 11) is 0. The number of hydrogen-bond acceptors (Lipinski definition) is 3. The van der Waals surface area contributed by atoms with Gasteiger partial charge in [-0.1, -0.05) is 17.5 Å². The lowest BCUT2D eigenvalue weighted by Gasteiger charge is -2.36. The highest BCUT2D eigenvalue weighted by Crippen LogP contribution is 2.27. The van der Waals surface area contributed by atoms with Gasteiger partial charge in [0.25, 0.3) is 0 Å². The van der Waals surface area contributed by atoms with E-state index in [-0.39, 0.29) is 17.0 Å². The molecule has 4 nitrogen and oxygen atoms in total. The number of carbonyl (C=O) groups is 1. The van der Waals surface area contributed by atoms with Gasteiger partial charge in [-0.25, -0.2) is 4.39 Å². The first-order chi connectivity index (χ1) is 11.1. The molecule has 2 heterocycles. The van der Waals surface area contributed by atoms with Crippen LogP contribution in [0.1, 0.15) is 6.42 Å². The minimum atomic E-state index is -0.497. The Balaban J connectivity index is 1.65. The summed E-state index contributed by atoms with van der Waals surface area (Å²) in [4.78, 5) is 18.8. The van der Waals surface area contributed by atoms with Crippen LogP contribution in [0.2, 0.25) is 5.02 Å².